The molecule has 0 aliphatic carbocycles. The van der Waals surface area contributed by atoms with E-state index >= 15 is 0 Å². The zero-order chi connectivity index (χ0) is 16.0. The molecule has 4 N–H and O–H groups in total. The first-order chi connectivity index (χ1) is 9.76. The number of carbonyl (C=O) groups excluding carboxylic acids is 2. The summed E-state index contributed by atoms with van der Waals surface area (Å²) in [5.41, 5.74) is 4.90. The molecule has 1 heterocycles. The molecule has 0 fully saturated rings. The summed E-state index contributed by atoms with van der Waals surface area (Å²) in [6.45, 7) is 1.75. The number of hydrogen-bond acceptors (Lipinski definition) is 4. The van der Waals surface area contributed by atoms with Crippen LogP contribution in [0, 0.1) is 5.92 Å². The van der Waals surface area contributed by atoms with Crippen LogP contribution < -0.4 is 16.4 Å². The van der Waals surface area contributed by atoms with Gasteiger partial charge in [0.15, 0.2) is 0 Å². The van der Waals surface area contributed by atoms with Crippen LogP contribution in [0.2, 0.25) is 0 Å². The predicted molar refractivity (Wildman–Crippen MR) is 77.4 cm³/mol. The Balaban J connectivity index is 2.64. The maximum absolute atomic E-state index is 13.0. The van der Waals surface area contributed by atoms with E-state index in [1.54, 1.807) is 31.4 Å². The number of rotatable bonds is 7. The van der Waals surface area contributed by atoms with Crippen molar-refractivity contribution in [2.24, 2.45) is 11.7 Å². The summed E-state index contributed by atoms with van der Waals surface area (Å²) in [7, 11) is 0. The van der Waals surface area contributed by atoms with Gasteiger partial charge in [-0.25, -0.2) is 8.78 Å². The van der Waals surface area contributed by atoms with Crippen molar-refractivity contribution in [1.29, 1.82) is 0 Å². The lowest BCUT2D eigenvalue weighted by molar-refractivity contribution is -0.125. The van der Waals surface area contributed by atoms with Crippen LogP contribution >= 0.6 is 11.3 Å². The van der Waals surface area contributed by atoms with Crippen molar-refractivity contribution in [3.8, 4) is 0 Å². The smallest absolute Gasteiger partial charge is 0.277 e. The summed E-state index contributed by atoms with van der Waals surface area (Å²) in [5.74, 6) is -4.44. The van der Waals surface area contributed by atoms with Crippen molar-refractivity contribution in [3.63, 3.8) is 0 Å². The molecule has 1 atom stereocenters. The average Bonchev–Trinajstić information content (AvgIpc) is 2.96. The number of halogens is 2. The van der Waals surface area contributed by atoms with Gasteiger partial charge in [-0.05, 0) is 17.4 Å². The summed E-state index contributed by atoms with van der Waals surface area (Å²) < 4.78 is 26.1. The largest absolute Gasteiger partial charge is 0.348 e. The monoisotopic (exact) mass is 319 g/mol. The zero-order valence-electron chi connectivity index (χ0n) is 11.9. The third kappa shape index (κ3) is 5.39. The maximum Gasteiger partial charge on any atom is 0.277 e. The average molecular weight is 319 g/mol. The van der Waals surface area contributed by atoms with E-state index in [0.717, 1.165) is 0 Å². The number of nitrogens with two attached hydrogens (primary N) is 1. The Morgan fingerprint density at radius 3 is 2.57 bits per heavy atom. The fourth-order valence-corrected chi connectivity index (χ4v) is 2.18. The molecule has 1 aromatic heterocycles. The van der Waals surface area contributed by atoms with Crippen LogP contribution in [-0.4, -0.2) is 36.9 Å². The number of carbonyl (C=O) groups is 2. The number of thiophene rings is 1. The molecule has 1 unspecified atom stereocenters. The zero-order valence-corrected chi connectivity index (χ0v) is 12.7. The number of hydrogen-bond donors (Lipinski definition) is 3. The predicted octanol–water partition coefficient (Wildman–Crippen LogP) is 1.21. The van der Waals surface area contributed by atoms with Gasteiger partial charge < -0.3 is 16.4 Å². The van der Waals surface area contributed by atoms with Crippen molar-refractivity contribution >= 4 is 23.2 Å². The molecule has 0 saturated heterocycles. The third-order valence-corrected chi connectivity index (χ3v) is 3.67. The summed E-state index contributed by atoms with van der Waals surface area (Å²) in [6.07, 6.45) is 0. The molecule has 0 spiro atoms. The third-order valence-electron chi connectivity index (χ3n) is 2.80. The molecule has 1 aromatic rings. The fraction of sp³-hybridized carbons (Fsp3) is 0.538. The van der Waals surface area contributed by atoms with Gasteiger partial charge in [0.1, 0.15) is 6.04 Å². The SMILES string of the molecule is CC(C)C(NC(=O)c1cccs1)C(=O)NCC(F)(F)CN. The molecule has 2 amide bonds. The summed E-state index contributed by atoms with van der Waals surface area (Å²) in [5, 5.41) is 6.42. The number of nitrogens with one attached hydrogen (secondary N) is 2. The Kier molecular flexibility index (Phi) is 6.22. The summed E-state index contributed by atoms with van der Waals surface area (Å²) >= 11 is 1.24. The highest BCUT2D eigenvalue weighted by Gasteiger charge is 2.30. The highest BCUT2D eigenvalue weighted by atomic mass is 32.1. The van der Waals surface area contributed by atoms with Crippen molar-refractivity contribution < 1.29 is 18.4 Å². The Morgan fingerprint density at radius 1 is 1.43 bits per heavy atom. The van der Waals surface area contributed by atoms with Gasteiger partial charge in [-0.2, -0.15) is 0 Å². The normalized spacial score (nSPS) is 13.0. The molecule has 1 rings (SSSR count). The maximum atomic E-state index is 13.0. The van der Waals surface area contributed by atoms with Crippen LogP contribution in [0.5, 0.6) is 0 Å². The molecule has 0 radical (unpaired) electrons. The molecular formula is C13H19F2N3O2S. The minimum Gasteiger partial charge on any atom is -0.348 e. The summed E-state index contributed by atoms with van der Waals surface area (Å²) in [6, 6.07) is 2.46. The van der Waals surface area contributed by atoms with Crippen LogP contribution in [0.25, 0.3) is 0 Å². The molecule has 0 aliphatic rings. The number of amides is 2. The Hall–Kier alpha value is -1.54. The van der Waals surface area contributed by atoms with Gasteiger partial charge in [-0.15, -0.1) is 11.3 Å². The van der Waals surface area contributed by atoms with Crippen molar-refractivity contribution in [2.45, 2.75) is 25.8 Å². The van der Waals surface area contributed by atoms with Gasteiger partial charge in [0.2, 0.25) is 5.91 Å². The molecule has 21 heavy (non-hydrogen) atoms. The molecule has 5 nitrogen and oxygen atoms in total. The Morgan fingerprint density at radius 2 is 2.10 bits per heavy atom. The fourth-order valence-electron chi connectivity index (χ4n) is 1.55. The van der Waals surface area contributed by atoms with Gasteiger partial charge in [0.25, 0.3) is 11.8 Å². The first kappa shape index (κ1) is 17.5. The van der Waals surface area contributed by atoms with E-state index in [2.05, 4.69) is 10.6 Å². The molecule has 0 saturated carbocycles. The second kappa shape index (κ2) is 7.46. The molecule has 0 aliphatic heterocycles. The van der Waals surface area contributed by atoms with Crippen LogP contribution in [0.3, 0.4) is 0 Å². The lowest BCUT2D eigenvalue weighted by Gasteiger charge is -2.23. The molecule has 8 heteroatoms. The van der Waals surface area contributed by atoms with Crippen molar-refractivity contribution in [3.05, 3.63) is 22.4 Å². The van der Waals surface area contributed by atoms with Gasteiger partial charge in [0.05, 0.1) is 18.0 Å². The lowest BCUT2D eigenvalue weighted by Crippen LogP contribution is -2.52. The van der Waals surface area contributed by atoms with E-state index in [0.29, 0.717) is 4.88 Å². The van der Waals surface area contributed by atoms with E-state index < -0.39 is 36.9 Å². The van der Waals surface area contributed by atoms with Gasteiger partial charge in [-0.3, -0.25) is 9.59 Å². The first-order valence-electron chi connectivity index (χ1n) is 6.47. The lowest BCUT2D eigenvalue weighted by atomic mass is 10.0. The first-order valence-corrected chi connectivity index (χ1v) is 7.35. The van der Waals surface area contributed by atoms with E-state index in [4.69, 9.17) is 5.73 Å². The molecule has 0 bridgehead atoms. The van der Waals surface area contributed by atoms with Crippen molar-refractivity contribution in [1.82, 2.24) is 10.6 Å². The van der Waals surface area contributed by atoms with Gasteiger partial charge in [-0.1, -0.05) is 19.9 Å². The van der Waals surface area contributed by atoms with Gasteiger partial charge >= 0.3 is 0 Å². The Labute approximate surface area is 125 Å². The standard InChI is InChI=1S/C13H19F2N3O2S/c1-8(2)10(12(20)17-7-13(14,15)6-16)18-11(19)9-4-3-5-21-9/h3-5,8,10H,6-7,16H2,1-2H3,(H,17,20)(H,18,19). The molecule has 0 aromatic carbocycles. The topological polar surface area (TPSA) is 84.2 Å². The minimum absolute atomic E-state index is 0.236. The highest BCUT2D eigenvalue weighted by molar-refractivity contribution is 7.12. The summed E-state index contributed by atoms with van der Waals surface area (Å²) in [4.78, 5) is 24.3. The van der Waals surface area contributed by atoms with Crippen LogP contribution in [0.1, 0.15) is 23.5 Å². The van der Waals surface area contributed by atoms with E-state index in [1.807, 2.05) is 0 Å². The van der Waals surface area contributed by atoms with Crippen LogP contribution in [0.4, 0.5) is 8.78 Å². The van der Waals surface area contributed by atoms with Crippen molar-refractivity contribution in [2.75, 3.05) is 13.1 Å². The number of alkyl halides is 2. The molecule has 118 valence electrons. The molecular weight excluding hydrogens is 300 g/mol. The highest BCUT2D eigenvalue weighted by Crippen LogP contribution is 2.12. The quantitative estimate of drug-likeness (QED) is 0.706. The second-order valence-electron chi connectivity index (χ2n) is 4.95. The minimum atomic E-state index is -3.16. The van der Waals surface area contributed by atoms with Crippen LogP contribution in [-0.2, 0) is 4.79 Å². The van der Waals surface area contributed by atoms with E-state index in [1.165, 1.54) is 11.3 Å². The van der Waals surface area contributed by atoms with E-state index in [9.17, 15) is 18.4 Å². The second-order valence-corrected chi connectivity index (χ2v) is 5.90. The Bertz CT molecular complexity index is 478. The van der Waals surface area contributed by atoms with Crippen LogP contribution in [0.15, 0.2) is 17.5 Å². The van der Waals surface area contributed by atoms with E-state index in [-0.39, 0.29) is 5.92 Å². The van der Waals surface area contributed by atoms with Gasteiger partial charge in [0, 0.05) is 0 Å².